The van der Waals surface area contributed by atoms with Gasteiger partial charge in [-0.25, -0.2) is 4.79 Å². The van der Waals surface area contributed by atoms with Gasteiger partial charge >= 0.3 is 17.9 Å². The fourth-order valence-electron chi connectivity index (χ4n) is 3.60. The van der Waals surface area contributed by atoms with Gasteiger partial charge in [0.05, 0.1) is 20.1 Å². The van der Waals surface area contributed by atoms with Crippen molar-refractivity contribution >= 4 is 40.5 Å². The van der Waals surface area contributed by atoms with Crippen molar-refractivity contribution in [1.29, 1.82) is 0 Å². The van der Waals surface area contributed by atoms with Crippen molar-refractivity contribution in [2.45, 2.75) is 59.5 Å². The number of fused-ring (bicyclic) bond motifs is 1. The minimum atomic E-state index is -0.499. The summed E-state index contributed by atoms with van der Waals surface area (Å²) < 4.78 is 22.4. The van der Waals surface area contributed by atoms with Gasteiger partial charge in [0.2, 0.25) is 0 Å². The first-order valence-corrected chi connectivity index (χ1v) is 12.2. The Morgan fingerprint density at radius 2 is 1.94 bits per heavy atom. The number of carbonyl (C=O) groups excluding carboxylic acids is 3. The topological polar surface area (TPSA) is 88.1 Å². The molecule has 1 aromatic rings. The second kappa shape index (κ2) is 12.2. The summed E-state index contributed by atoms with van der Waals surface area (Å²) in [6, 6.07) is 0. The lowest BCUT2D eigenvalue weighted by Gasteiger charge is -2.20. The van der Waals surface area contributed by atoms with Crippen molar-refractivity contribution in [3.8, 4) is 11.5 Å². The van der Waals surface area contributed by atoms with Gasteiger partial charge in [-0.1, -0.05) is 41.2 Å². The first-order chi connectivity index (χ1) is 15.2. The zero-order valence-electron chi connectivity index (χ0n) is 19.3. The SMILES string of the molecule is COC(=O)CC/C(C)=C/Cc1c(OC)c(C)c2c(c1OC(=O)C(C)CCCI)C(=O)OC2. The first-order valence-electron chi connectivity index (χ1n) is 10.6. The van der Waals surface area contributed by atoms with Crippen LogP contribution in [0.4, 0.5) is 0 Å². The van der Waals surface area contributed by atoms with Gasteiger partial charge in [0, 0.05) is 17.5 Å². The fourth-order valence-corrected chi connectivity index (χ4v) is 4.04. The minimum Gasteiger partial charge on any atom is -0.496 e. The molecule has 32 heavy (non-hydrogen) atoms. The fraction of sp³-hybridized carbons (Fsp3) is 0.542. The summed E-state index contributed by atoms with van der Waals surface area (Å²) in [5, 5.41) is 0. The van der Waals surface area contributed by atoms with Crippen molar-refractivity contribution < 1.29 is 33.3 Å². The number of benzene rings is 1. The molecule has 0 bridgehead atoms. The van der Waals surface area contributed by atoms with Crippen LogP contribution >= 0.6 is 22.6 Å². The number of cyclic esters (lactones) is 1. The third-order valence-electron chi connectivity index (χ3n) is 5.61. The maximum absolute atomic E-state index is 12.8. The molecule has 0 saturated carbocycles. The quantitative estimate of drug-likeness (QED) is 0.126. The van der Waals surface area contributed by atoms with Crippen molar-refractivity contribution in [2.24, 2.45) is 5.92 Å². The van der Waals surface area contributed by atoms with Crippen molar-refractivity contribution in [3.05, 3.63) is 33.9 Å². The summed E-state index contributed by atoms with van der Waals surface area (Å²) in [5.41, 5.74) is 3.38. The van der Waals surface area contributed by atoms with Gasteiger partial charge in [-0.05, 0) is 49.5 Å². The van der Waals surface area contributed by atoms with Crippen molar-refractivity contribution in [3.63, 3.8) is 0 Å². The molecular weight excluding hydrogens is 527 g/mol. The van der Waals surface area contributed by atoms with Crippen LogP contribution in [0, 0.1) is 12.8 Å². The first kappa shape index (κ1) is 26.2. The molecule has 1 atom stereocenters. The van der Waals surface area contributed by atoms with E-state index in [-0.39, 0.29) is 36.6 Å². The number of allylic oxidation sites excluding steroid dienone is 2. The van der Waals surface area contributed by atoms with Gasteiger partial charge in [-0.3, -0.25) is 9.59 Å². The van der Waals surface area contributed by atoms with Gasteiger partial charge in [0.25, 0.3) is 0 Å². The van der Waals surface area contributed by atoms with E-state index in [4.69, 9.17) is 18.9 Å². The van der Waals surface area contributed by atoms with Gasteiger partial charge in [0.1, 0.15) is 17.9 Å². The molecule has 0 amide bonds. The molecule has 0 saturated heterocycles. The second-order valence-corrected chi connectivity index (χ2v) is 8.96. The lowest BCUT2D eigenvalue weighted by atomic mass is 9.94. The molecule has 0 spiro atoms. The van der Waals surface area contributed by atoms with Crippen molar-refractivity contribution in [2.75, 3.05) is 18.6 Å². The molecule has 0 fully saturated rings. The van der Waals surface area contributed by atoms with Crippen molar-refractivity contribution in [1.82, 2.24) is 0 Å². The maximum atomic E-state index is 12.8. The van der Waals surface area contributed by atoms with Gasteiger partial charge in [0.15, 0.2) is 5.75 Å². The van der Waals surface area contributed by atoms with Crippen LogP contribution in [-0.4, -0.2) is 36.6 Å². The molecule has 1 unspecified atom stereocenters. The van der Waals surface area contributed by atoms with E-state index < -0.39 is 5.97 Å². The Labute approximate surface area is 203 Å². The standard InChI is InChI=1S/C24H31IO7/c1-14(9-11-19(26)29-4)8-10-17-21(30-5)16(3)18-13-31-24(28)20(18)22(17)32-23(27)15(2)7-6-12-25/h8,15H,6-7,9-13H2,1-5H3/b14-8+. The molecule has 176 valence electrons. The van der Waals surface area contributed by atoms with E-state index in [1.807, 2.05) is 26.8 Å². The number of hydrogen-bond acceptors (Lipinski definition) is 7. The highest BCUT2D eigenvalue weighted by molar-refractivity contribution is 14.1. The average molecular weight is 558 g/mol. The number of carbonyl (C=O) groups is 3. The second-order valence-electron chi connectivity index (χ2n) is 7.88. The van der Waals surface area contributed by atoms with Crippen LogP contribution in [-0.2, 0) is 32.1 Å². The molecule has 2 rings (SSSR count). The van der Waals surface area contributed by atoms with E-state index in [0.29, 0.717) is 41.7 Å². The Balaban J connectivity index is 2.45. The number of methoxy groups -OCH3 is 2. The molecule has 0 aromatic heterocycles. The van der Waals surface area contributed by atoms with Gasteiger partial charge in [-0.2, -0.15) is 0 Å². The zero-order chi connectivity index (χ0) is 23.8. The number of rotatable bonds is 11. The van der Waals surface area contributed by atoms with E-state index >= 15 is 0 Å². The molecule has 1 aliphatic rings. The van der Waals surface area contributed by atoms with Gasteiger partial charge < -0.3 is 18.9 Å². The Bertz CT molecular complexity index is 904. The maximum Gasteiger partial charge on any atom is 0.342 e. The summed E-state index contributed by atoms with van der Waals surface area (Å²) in [5.74, 6) is -0.664. The largest absolute Gasteiger partial charge is 0.496 e. The van der Waals surface area contributed by atoms with Crippen LogP contribution in [0.3, 0.4) is 0 Å². The highest BCUT2D eigenvalue weighted by atomic mass is 127. The third kappa shape index (κ3) is 6.24. The van der Waals surface area contributed by atoms with Gasteiger partial charge in [-0.15, -0.1) is 0 Å². The summed E-state index contributed by atoms with van der Waals surface area (Å²) in [6.45, 7) is 5.74. The Morgan fingerprint density at radius 1 is 1.22 bits per heavy atom. The number of hydrogen-bond donors (Lipinski definition) is 0. The van der Waals surface area contributed by atoms with E-state index in [1.165, 1.54) is 7.11 Å². The Kier molecular flexibility index (Phi) is 9.99. The minimum absolute atomic E-state index is 0.125. The number of alkyl halides is 1. The highest BCUT2D eigenvalue weighted by Gasteiger charge is 2.34. The average Bonchev–Trinajstić information content (AvgIpc) is 3.17. The lowest BCUT2D eigenvalue weighted by Crippen LogP contribution is -2.20. The Morgan fingerprint density at radius 3 is 2.56 bits per heavy atom. The molecule has 0 N–H and O–H groups in total. The highest BCUT2D eigenvalue weighted by Crippen LogP contribution is 2.43. The smallest absolute Gasteiger partial charge is 0.342 e. The lowest BCUT2D eigenvalue weighted by molar-refractivity contribution is -0.140. The van der Waals surface area contributed by atoms with Crippen LogP contribution in [0.25, 0.3) is 0 Å². The summed E-state index contributed by atoms with van der Waals surface area (Å²) in [6.07, 6.45) is 4.76. The Hall–Kier alpha value is -2.10. The van der Waals surface area contributed by atoms with E-state index in [0.717, 1.165) is 22.0 Å². The summed E-state index contributed by atoms with van der Waals surface area (Å²) >= 11 is 2.28. The monoisotopic (exact) mass is 558 g/mol. The van der Waals surface area contributed by atoms with Crippen LogP contribution < -0.4 is 9.47 Å². The molecular formula is C24H31IO7. The number of halogens is 1. The van der Waals surface area contributed by atoms with E-state index in [1.54, 1.807) is 7.11 Å². The number of esters is 3. The predicted octanol–water partition coefficient (Wildman–Crippen LogP) is 4.87. The molecule has 1 aromatic carbocycles. The van der Waals surface area contributed by atoms with Crippen LogP contribution in [0.5, 0.6) is 11.5 Å². The summed E-state index contributed by atoms with van der Waals surface area (Å²) in [7, 11) is 2.92. The molecule has 8 heteroatoms. The van der Waals surface area contributed by atoms with Crippen LogP contribution in [0.15, 0.2) is 11.6 Å². The van der Waals surface area contributed by atoms with E-state index in [2.05, 4.69) is 22.6 Å². The molecule has 1 aliphatic heterocycles. The summed E-state index contributed by atoms with van der Waals surface area (Å²) in [4.78, 5) is 36.8. The normalized spacial score (nSPS) is 13.9. The third-order valence-corrected chi connectivity index (χ3v) is 6.37. The molecule has 0 radical (unpaired) electrons. The zero-order valence-corrected chi connectivity index (χ0v) is 21.5. The van der Waals surface area contributed by atoms with E-state index in [9.17, 15) is 14.4 Å². The van der Waals surface area contributed by atoms with Crippen LogP contribution in [0.2, 0.25) is 0 Å². The predicted molar refractivity (Wildman–Crippen MR) is 128 cm³/mol. The molecule has 1 heterocycles. The van der Waals surface area contributed by atoms with Crippen LogP contribution in [0.1, 0.15) is 66.6 Å². The molecule has 7 nitrogen and oxygen atoms in total. The molecule has 0 aliphatic carbocycles. The number of ether oxygens (including phenoxy) is 4.